The molecule has 0 spiro atoms. The van der Waals surface area contributed by atoms with Crippen molar-refractivity contribution in [2.75, 3.05) is 51.3 Å². The molecule has 1 amide bonds. The Bertz CT molecular complexity index is 1050. The van der Waals surface area contributed by atoms with Gasteiger partial charge in [0.2, 0.25) is 15.9 Å². The summed E-state index contributed by atoms with van der Waals surface area (Å²) in [5.41, 5.74) is 2.13. The molecular formula is C26H35N3O4S. The van der Waals surface area contributed by atoms with Crippen LogP contribution in [0.2, 0.25) is 0 Å². The van der Waals surface area contributed by atoms with Crippen molar-refractivity contribution >= 4 is 21.6 Å². The number of carbonyl (C=O) groups excluding carboxylic acids is 1. The number of sulfonamides is 1. The quantitative estimate of drug-likeness (QED) is 0.600. The maximum Gasteiger partial charge on any atom is 0.243 e. The topological polar surface area (TPSA) is 70.2 Å². The number of hydrogen-bond acceptors (Lipinski definition) is 5. The molecule has 0 radical (unpaired) electrons. The molecule has 2 heterocycles. The molecule has 0 aromatic heterocycles. The van der Waals surface area contributed by atoms with Crippen LogP contribution in [-0.2, 0) is 21.2 Å². The molecule has 2 aliphatic rings. The first-order valence-electron chi connectivity index (χ1n) is 12.2. The van der Waals surface area contributed by atoms with Gasteiger partial charge in [0.25, 0.3) is 0 Å². The number of nitrogens with zero attached hydrogens (tertiary/aromatic N) is 3. The summed E-state index contributed by atoms with van der Waals surface area (Å²) in [4.78, 5) is 17.5. The van der Waals surface area contributed by atoms with E-state index in [1.54, 1.807) is 23.5 Å². The lowest BCUT2D eigenvalue weighted by Gasteiger charge is -2.26. The summed E-state index contributed by atoms with van der Waals surface area (Å²) >= 11 is 0. The van der Waals surface area contributed by atoms with Gasteiger partial charge in [0.15, 0.2) is 0 Å². The van der Waals surface area contributed by atoms with Gasteiger partial charge in [0.05, 0.1) is 12.0 Å². The average Bonchev–Trinajstić information content (AvgIpc) is 3.15. The summed E-state index contributed by atoms with van der Waals surface area (Å²) in [6.07, 6.45) is 4.92. The number of anilines is 1. The minimum Gasteiger partial charge on any atom is -0.497 e. The Morgan fingerprint density at radius 1 is 0.824 bits per heavy atom. The van der Waals surface area contributed by atoms with E-state index in [9.17, 15) is 13.2 Å². The van der Waals surface area contributed by atoms with Crippen LogP contribution in [-0.4, -0.2) is 69.9 Å². The van der Waals surface area contributed by atoms with Gasteiger partial charge in [-0.25, -0.2) is 8.42 Å². The minimum atomic E-state index is -3.42. The Hall–Kier alpha value is -2.58. The zero-order valence-corrected chi connectivity index (χ0v) is 20.8. The van der Waals surface area contributed by atoms with Gasteiger partial charge in [-0.2, -0.15) is 4.31 Å². The van der Waals surface area contributed by atoms with E-state index in [2.05, 4.69) is 17.0 Å². The van der Waals surface area contributed by atoms with Crippen molar-refractivity contribution in [3.8, 4) is 5.75 Å². The molecule has 0 N–H and O–H groups in total. The highest BCUT2D eigenvalue weighted by Gasteiger charge is 2.26. The first-order valence-corrected chi connectivity index (χ1v) is 13.7. The molecule has 2 fully saturated rings. The number of aryl methyl sites for hydroxylation is 1. The number of hydrogen-bond donors (Lipinski definition) is 0. The molecule has 184 valence electrons. The zero-order chi connectivity index (χ0) is 24.0. The molecule has 4 rings (SSSR count). The fourth-order valence-electron chi connectivity index (χ4n) is 4.71. The van der Waals surface area contributed by atoms with Gasteiger partial charge >= 0.3 is 0 Å². The lowest BCUT2D eigenvalue weighted by Crippen LogP contribution is -2.35. The SMILES string of the molecule is COc1ccc(N2CCCN(C(=O)CCc3ccc(S(=O)(=O)N4CCCCC4)cc3)CC2)cc1. The monoisotopic (exact) mass is 485 g/mol. The molecule has 0 aliphatic carbocycles. The predicted octanol–water partition coefficient (Wildman–Crippen LogP) is 3.54. The van der Waals surface area contributed by atoms with Gasteiger partial charge in [-0.05, 0) is 67.6 Å². The van der Waals surface area contributed by atoms with Gasteiger partial charge in [-0.3, -0.25) is 4.79 Å². The highest BCUT2D eigenvalue weighted by Crippen LogP contribution is 2.22. The van der Waals surface area contributed by atoms with Crippen LogP contribution < -0.4 is 9.64 Å². The Morgan fingerprint density at radius 2 is 1.53 bits per heavy atom. The molecule has 0 bridgehead atoms. The van der Waals surface area contributed by atoms with Crippen molar-refractivity contribution in [1.29, 1.82) is 0 Å². The Kier molecular flexibility index (Phi) is 8.11. The molecule has 2 aromatic rings. The molecule has 34 heavy (non-hydrogen) atoms. The van der Waals surface area contributed by atoms with E-state index in [1.807, 2.05) is 29.2 Å². The maximum absolute atomic E-state index is 12.9. The second kappa shape index (κ2) is 11.2. The predicted molar refractivity (Wildman–Crippen MR) is 134 cm³/mol. The van der Waals surface area contributed by atoms with Crippen LogP contribution in [0.3, 0.4) is 0 Å². The van der Waals surface area contributed by atoms with Crippen LogP contribution in [0.15, 0.2) is 53.4 Å². The van der Waals surface area contributed by atoms with Crippen molar-refractivity contribution in [3.05, 3.63) is 54.1 Å². The smallest absolute Gasteiger partial charge is 0.243 e. The number of piperidine rings is 1. The number of ether oxygens (including phenoxy) is 1. The highest BCUT2D eigenvalue weighted by atomic mass is 32.2. The lowest BCUT2D eigenvalue weighted by molar-refractivity contribution is -0.130. The van der Waals surface area contributed by atoms with Crippen molar-refractivity contribution in [3.63, 3.8) is 0 Å². The summed E-state index contributed by atoms with van der Waals surface area (Å²) in [6.45, 7) is 4.40. The van der Waals surface area contributed by atoms with Gasteiger partial charge in [-0.15, -0.1) is 0 Å². The van der Waals surface area contributed by atoms with E-state index in [0.717, 1.165) is 62.3 Å². The van der Waals surface area contributed by atoms with Gasteiger partial charge in [-0.1, -0.05) is 18.6 Å². The van der Waals surface area contributed by atoms with Gasteiger partial charge in [0, 0.05) is 51.4 Å². The van der Waals surface area contributed by atoms with E-state index in [-0.39, 0.29) is 5.91 Å². The van der Waals surface area contributed by atoms with Crippen molar-refractivity contribution in [2.24, 2.45) is 0 Å². The summed E-state index contributed by atoms with van der Waals surface area (Å²) in [7, 11) is -1.75. The van der Waals surface area contributed by atoms with Crippen LogP contribution in [0, 0.1) is 0 Å². The largest absolute Gasteiger partial charge is 0.497 e. The summed E-state index contributed by atoms with van der Waals surface area (Å²) < 4.78 is 32.5. The molecule has 7 nitrogen and oxygen atoms in total. The van der Waals surface area contributed by atoms with Crippen molar-refractivity contribution in [2.45, 2.75) is 43.4 Å². The fraction of sp³-hybridized carbons (Fsp3) is 0.500. The molecule has 0 atom stereocenters. The first-order chi connectivity index (χ1) is 16.5. The van der Waals surface area contributed by atoms with Crippen LogP contribution in [0.4, 0.5) is 5.69 Å². The van der Waals surface area contributed by atoms with E-state index in [4.69, 9.17) is 4.74 Å². The molecule has 0 saturated carbocycles. The normalized spacial score (nSPS) is 17.9. The summed E-state index contributed by atoms with van der Waals surface area (Å²) in [5.74, 6) is 0.995. The fourth-order valence-corrected chi connectivity index (χ4v) is 6.23. The standard InChI is InChI=1S/C26H35N3O4S/c1-33-24-11-9-23(10-12-24)27-16-5-17-28(21-20-27)26(30)15-8-22-6-13-25(14-7-22)34(31,32)29-18-3-2-4-19-29/h6-7,9-14H,2-5,8,15-21H2,1H3. The molecule has 2 saturated heterocycles. The van der Waals surface area contributed by atoms with E-state index >= 15 is 0 Å². The Labute approximate surface area is 203 Å². The molecule has 2 aromatic carbocycles. The van der Waals surface area contributed by atoms with Crippen molar-refractivity contribution < 1.29 is 17.9 Å². The average molecular weight is 486 g/mol. The second-order valence-electron chi connectivity index (χ2n) is 9.03. The van der Waals surface area contributed by atoms with Crippen LogP contribution in [0.1, 0.15) is 37.7 Å². The Morgan fingerprint density at radius 3 is 2.21 bits per heavy atom. The van der Waals surface area contributed by atoms with Crippen LogP contribution in [0.25, 0.3) is 0 Å². The van der Waals surface area contributed by atoms with Gasteiger partial charge in [0.1, 0.15) is 5.75 Å². The van der Waals surface area contributed by atoms with E-state index < -0.39 is 10.0 Å². The first kappa shape index (κ1) is 24.5. The molecule has 0 unspecified atom stereocenters. The van der Waals surface area contributed by atoms with E-state index in [1.165, 1.54) is 0 Å². The number of carbonyl (C=O) groups is 1. The zero-order valence-electron chi connectivity index (χ0n) is 20.0. The minimum absolute atomic E-state index is 0.154. The second-order valence-corrected chi connectivity index (χ2v) is 11.0. The molecule has 2 aliphatic heterocycles. The maximum atomic E-state index is 12.9. The summed E-state index contributed by atoms with van der Waals surface area (Å²) in [5, 5.41) is 0. The number of benzene rings is 2. The number of amides is 1. The number of methoxy groups -OCH3 is 1. The lowest BCUT2D eigenvalue weighted by atomic mass is 10.1. The third kappa shape index (κ3) is 5.91. The molecular weight excluding hydrogens is 450 g/mol. The van der Waals surface area contributed by atoms with E-state index in [0.29, 0.717) is 37.4 Å². The Balaban J connectivity index is 1.28. The van der Waals surface area contributed by atoms with Crippen LogP contribution in [0.5, 0.6) is 5.75 Å². The van der Waals surface area contributed by atoms with Gasteiger partial charge < -0.3 is 14.5 Å². The van der Waals surface area contributed by atoms with Crippen LogP contribution >= 0.6 is 0 Å². The highest BCUT2D eigenvalue weighted by molar-refractivity contribution is 7.89. The third-order valence-corrected chi connectivity index (χ3v) is 8.70. The molecule has 8 heteroatoms. The number of rotatable bonds is 7. The third-order valence-electron chi connectivity index (χ3n) is 6.79. The summed E-state index contributed by atoms with van der Waals surface area (Å²) in [6, 6.07) is 15.1. The van der Waals surface area contributed by atoms with Crippen molar-refractivity contribution in [1.82, 2.24) is 9.21 Å².